The maximum atomic E-state index is 12.5. The number of benzene rings is 2. The molecule has 9 heteroatoms. The molecule has 0 radical (unpaired) electrons. The third kappa shape index (κ3) is 5.86. The predicted molar refractivity (Wildman–Crippen MR) is 127 cm³/mol. The Morgan fingerprint density at radius 1 is 1.20 bits per heavy atom. The molecule has 1 aliphatic heterocycles. The molecule has 0 N–H and O–H groups in total. The molecule has 156 valence electrons. The molecule has 2 aromatic carbocycles. The highest BCUT2D eigenvalue weighted by atomic mass is 127. The largest absolute Gasteiger partial charge is 0.488 e. The van der Waals surface area contributed by atoms with Gasteiger partial charge in [0.15, 0.2) is 0 Å². The van der Waals surface area contributed by atoms with Crippen molar-refractivity contribution in [2.75, 3.05) is 13.2 Å². The molecule has 1 heterocycles. The standard InChI is InChI=1S/C21H17BrINO5S/c1-2-28-19(25)11-24-20(26)18(30-21(24)27)10-14-5-8-17(16(23)9-14)29-12-13-3-6-15(22)7-4-13/h3-10H,2,11-12H2,1H3/b18-10+. The molecular formula is C21H17BrINO5S. The number of hydrogen-bond acceptors (Lipinski definition) is 6. The molecule has 6 nitrogen and oxygen atoms in total. The van der Waals surface area contributed by atoms with Gasteiger partial charge in [-0.2, -0.15) is 0 Å². The lowest BCUT2D eigenvalue weighted by molar-refractivity contribution is -0.145. The lowest BCUT2D eigenvalue weighted by Crippen LogP contribution is -2.34. The number of imide groups is 1. The number of ether oxygens (including phenoxy) is 2. The second-order valence-electron chi connectivity index (χ2n) is 6.18. The normalized spacial score (nSPS) is 15.0. The highest BCUT2D eigenvalue weighted by molar-refractivity contribution is 14.1. The van der Waals surface area contributed by atoms with Crippen molar-refractivity contribution in [3.8, 4) is 5.75 Å². The monoisotopic (exact) mass is 601 g/mol. The fraction of sp³-hybridized carbons (Fsp3) is 0.190. The molecule has 0 spiro atoms. The Morgan fingerprint density at radius 2 is 1.93 bits per heavy atom. The van der Waals surface area contributed by atoms with Crippen LogP contribution in [-0.4, -0.2) is 35.2 Å². The van der Waals surface area contributed by atoms with E-state index < -0.39 is 17.1 Å². The van der Waals surface area contributed by atoms with E-state index in [2.05, 4.69) is 38.5 Å². The first-order chi connectivity index (χ1) is 14.4. The molecule has 0 bridgehead atoms. The van der Waals surface area contributed by atoms with Gasteiger partial charge < -0.3 is 9.47 Å². The molecule has 0 aromatic heterocycles. The molecule has 0 saturated carbocycles. The van der Waals surface area contributed by atoms with Crippen molar-refractivity contribution in [2.45, 2.75) is 13.5 Å². The van der Waals surface area contributed by atoms with Gasteiger partial charge in [0.25, 0.3) is 11.1 Å². The van der Waals surface area contributed by atoms with Crippen LogP contribution in [0.25, 0.3) is 6.08 Å². The summed E-state index contributed by atoms with van der Waals surface area (Å²) in [5.41, 5.74) is 1.81. The van der Waals surface area contributed by atoms with Crippen molar-refractivity contribution in [1.82, 2.24) is 4.90 Å². The van der Waals surface area contributed by atoms with Crippen molar-refractivity contribution in [3.05, 3.63) is 66.5 Å². The Morgan fingerprint density at radius 3 is 2.60 bits per heavy atom. The SMILES string of the molecule is CCOC(=O)CN1C(=O)S/C(=C/c2ccc(OCc3ccc(Br)cc3)c(I)c2)C1=O. The van der Waals surface area contributed by atoms with Gasteiger partial charge in [-0.05, 0) is 82.7 Å². The number of thioether (sulfide) groups is 1. The number of carbonyl (C=O) groups excluding carboxylic acids is 3. The summed E-state index contributed by atoms with van der Waals surface area (Å²) in [5.74, 6) is -0.377. The number of halogens is 2. The number of hydrogen-bond donors (Lipinski definition) is 0. The summed E-state index contributed by atoms with van der Waals surface area (Å²) in [7, 11) is 0. The molecular weight excluding hydrogens is 585 g/mol. The number of rotatable bonds is 7. The third-order valence-electron chi connectivity index (χ3n) is 4.03. The van der Waals surface area contributed by atoms with Crippen LogP contribution in [0.3, 0.4) is 0 Å². The zero-order chi connectivity index (χ0) is 21.7. The highest BCUT2D eigenvalue weighted by Gasteiger charge is 2.36. The first kappa shape index (κ1) is 22.8. The van der Waals surface area contributed by atoms with Crippen molar-refractivity contribution >= 4 is 73.5 Å². The van der Waals surface area contributed by atoms with Gasteiger partial charge in [-0.25, -0.2) is 0 Å². The van der Waals surface area contributed by atoms with E-state index >= 15 is 0 Å². The summed E-state index contributed by atoms with van der Waals surface area (Å²) in [4.78, 5) is 37.3. The number of amides is 2. The number of carbonyl (C=O) groups is 3. The minimum absolute atomic E-state index is 0.194. The maximum absolute atomic E-state index is 12.5. The second kappa shape index (κ2) is 10.5. The molecule has 2 aromatic rings. The van der Waals surface area contributed by atoms with Gasteiger partial charge in [0.05, 0.1) is 15.1 Å². The number of esters is 1. The van der Waals surface area contributed by atoms with Gasteiger partial charge in [-0.1, -0.05) is 34.1 Å². The third-order valence-corrected chi connectivity index (χ3v) is 6.31. The summed E-state index contributed by atoms with van der Waals surface area (Å²) in [6, 6.07) is 13.4. The van der Waals surface area contributed by atoms with Crippen molar-refractivity contribution < 1.29 is 23.9 Å². The zero-order valence-electron chi connectivity index (χ0n) is 15.9. The molecule has 3 rings (SSSR count). The summed E-state index contributed by atoms with van der Waals surface area (Å²) < 4.78 is 12.6. The van der Waals surface area contributed by atoms with Gasteiger partial charge >= 0.3 is 5.97 Å². The average molecular weight is 602 g/mol. The van der Waals surface area contributed by atoms with Gasteiger partial charge in [0.1, 0.15) is 18.9 Å². The van der Waals surface area contributed by atoms with Gasteiger partial charge in [0, 0.05) is 4.47 Å². The van der Waals surface area contributed by atoms with E-state index in [0.717, 1.165) is 41.6 Å². The highest BCUT2D eigenvalue weighted by Crippen LogP contribution is 2.33. The van der Waals surface area contributed by atoms with Crippen LogP contribution in [0, 0.1) is 3.57 Å². The van der Waals surface area contributed by atoms with Crippen LogP contribution in [0.5, 0.6) is 5.75 Å². The summed E-state index contributed by atoms with van der Waals surface area (Å²) in [5, 5.41) is -0.483. The minimum atomic E-state index is -0.608. The van der Waals surface area contributed by atoms with Crippen molar-refractivity contribution in [1.29, 1.82) is 0 Å². The van der Waals surface area contributed by atoms with Crippen LogP contribution in [0.2, 0.25) is 0 Å². The maximum Gasteiger partial charge on any atom is 0.326 e. The Labute approximate surface area is 200 Å². The van der Waals surface area contributed by atoms with Gasteiger partial charge in [-0.3, -0.25) is 19.3 Å². The van der Waals surface area contributed by atoms with Crippen LogP contribution >= 0.6 is 50.3 Å². The van der Waals surface area contributed by atoms with E-state index in [9.17, 15) is 14.4 Å². The molecule has 0 aliphatic carbocycles. The van der Waals surface area contributed by atoms with Crippen LogP contribution in [0.4, 0.5) is 4.79 Å². The van der Waals surface area contributed by atoms with E-state index in [4.69, 9.17) is 9.47 Å². The Hall–Kier alpha value is -1.85. The zero-order valence-corrected chi connectivity index (χ0v) is 20.5. The van der Waals surface area contributed by atoms with Crippen LogP contribution in [-0.2, 0) is 20.9 Å². The summed E-state index contributed by atoms with van der Waals surface area (Å²) in [6.45, 7) is 1.92. The molecule has 2 amide bonds. The van der Waals surface area contributed by atoms with Crippen LogP contribution < -0.4 is 4.74 Å². The molecule has 0 atom stereocenters. The van der Waals surface area contributed by atoms with Crippen LogP contribution in [0.15, 0.2) is 51.8 Å². The first-order valence-corrected chi connectivity index (χ1v) is 11.6. The molecule has 1 aliphatic rings. The quantitative estimate of drug-likeness (QED) is 0.246. The minimum Gasteiger partial charge on any atom is -0.488 e. The molecule has 0 unspecified atom stereocenters. The van der Waals surface area contributed by atoms with E-state index in [1.165, 1.54) is 0 Å². The van der Waals surface area contributed by atoms with Crippen molar-refractivity contribution in [3.63, 3.8) is 0 Å². The van der Waals surface area contributed by atoms with E-state index in [1.54, 1.807) is 13.0 Å². The fourth-order valence-electron chi connectivity index (χ4n) is 2.59. The first-order valence-electron chi connectivity index (χ1n) is 8.95. The molecule has 1 fully saturated rings. The summed E-state index contributed by atoms with van der Waals surface area (Å²) in [6.07, 6.45) is 1.64. The molecule has 30 heavy (non-hydrogen) atoms. The van der Waals surface area contributed by atoms with E-state index in [0.29, 0.717) is 6.61 Å². The molecule has 1 saturated heterocycles. The van der Waals surface area contributed by atoms with E-state index in [1.807, 2.05) is 42.5 Å². The Balaban J connectivity index is 1.68. The van der Waals surface area contributed by atoms with Crippen molar-refractivity contribution in [2.24, 2.45) is 0 Å². The number of nitrogens with zero attached hydrogens (tertiary/aromatic N) is 1. The smallest absolute Gasteiger partial charge is 0.326 e. The second-order valence-corrected chi connectivity index (χ2v) is 9.25. The average Bonchev–Trinajstić information content (AvgIpc) is 2.96. The Bertz CT molecular complexity index is 1010. The van der Waals surface area contributed by atoms with E-state index in [-0.39, 0.29) is 18.1 Å². The predicted octanol–water partition coefficient (Wildman–Crippen LogP) is 5.23. The fourth-order valence-corrected chi connectivity index (χ4v) is 4.39. The lowest BCUT2D eigenvalue weighted by atomic mass is 10.2. The van der Waals surface area contributed by atoms with Crippen LogP contribution in [0.1, 0.15) is 18.1 Å². The topological polar surface area (TPSA) is 72.9 Å². The summed E-state index contributed by atoms with van der Waals surface area (Å²) >= 11 is 6.38. The lowest BCUT2D eigenvalue weighted by Gasteiger charge is -2.11. The van der Waals surface area contributed by atoms with Gasteiger partial charge in [0.2, 0.25) is 0 Å². The Kier molecular flexibility index (Phi) is 7.95. The van der Waals surface area contributed by atoms with Gasteiger partial charge in [-0.15, -0.1) is 0 Å².